The van der Waals surface area contributed by atoms with E-state index in [1.54, 1.807) is 39.0 Å². The van der Waals surface area contributed by atoms with Crippen molar-refractivity contribution in [1.82, 2.24) is 15.4 Å². The number of esters is 2. The van der Waals surface area contributed by atoms with Crippen LogP contribution in [0.25, 0.3) is 11.3 Å². The lowest BCUT2D eigenvalue weighted by Crippen LogP contribution is -2.26. The minimum atomic E-state index is -0.794. The van der Waals surface area contributed by atoms with Crippen LogP contribution >= 0.6 is 0 Å². The quantitative estimate of drug-likeness (QED) is 0.663. The van der Waals surface area contributed by atoms with E-state index in [9.17, 15) is 9.59 Å². The Morgan fingerprint density at radius 1 is 1.04 bits per heavy atom. The highest BCUT2D eigenvalue weighted by molar-refractivity contribution is 5.94. The summed E-state index contributed by atoms with van der Waals surface area (Å²) in [5.74, 6) is -0.258. The number of ether oxygens (including phenoxy) is 4. The van der Waals surface area contributed by atoms with Crippen molar-refractivity contribution in [3.05, 3.63) is 23.9 Å². The lowest BCUT2D eigenvalue weighted by atomic mass is 10.1. The summed E-state index contributed by atoms with van der Waals surface area (Å²) in [4.78, 5) is 23.8. The van der Waals surface area contributed by atoms with Gasteiger partial charge >= 0.3 is 11.9 Å². The molecular formula is C18H23N3O6. The van der Waals surface area contributed by atoms with Gasteiger partial charge in [-0.2, -0.15) is 10.3 Å². The Hall–Kier alpha value is -3.10. The number of benzene rings is 1. The van der Waals surface area contributed by atoms with Crippen LogP contribution in [0.4, 0.5) is 0 Å². The number of carbonyl (C=O) groups excluding carboxylic acids is 2. The Morgan fingerprint density at radius 2 is 1.78 bits per heavy atom. The van der Waals surface area contributed by atoms with Crippen LogP contribution < -0.4 is 9.47 Å². The predicted octanol–water partition coefficient (Wildman–Crippen LogP) is 2.38. The molecule has 0 bridgehead atoms. The first kappa shape index (κ1) is 20.2. The van der Waals surface area contributed by atoms with Crippen molar-refractivity contribution < 1.29 is 28.5 Å². The maximum Gasteiger partial charge on any atom is 0.361 e. The van der Waals surface area contributed by atoms with E-state index in [4.69, 9.17) is 18.9 Å². The van der Waals surface area contributed by atoms with Gasteiger partial charge in [0.05, 0.1) is 19.8 Å². The Kier molecular flexibility index (Phi) is 7.16. The molecule has 2 aromatic rings. The van der Waals surface area contributed by atoms with Gasteiger partial charge in [0.25, 0.3) is 0 Å². The molecule has 146 valence electrons. The molecule has 27 heavy (non-hydrogen) atoms. The number of H-pyrrole nitrogens is 1. The number of hydrogen-bond acceptors (Lipinski definition) is 8. The molecule has 0 saturated heterocycles. The maximum absolute atomic E-state index is 12.0. The standard InChI is InChI=1S/C18H23N3O6/c1-5-24-14-10-12(15-16(20-21-19-15)18(23)26-7-3)8-9-13(14)27-11(4)17(22)25-6-2/h8-11H,5-7H2,1-4H3,(H,19,20,21). The monoisotopic (exact) mass is 377 g/mol. The fourth-order valence-corrected chi connectivity index (χ4v) is 2.29. The Balaban J connectivity index is 2.32. The molecule has 1 aromatic carbocycles. The lowest BCUT2D eigenvalue weighted by Gasteiger charge is -2.17. The van der Waals surface area contributed by atoms with E-state index in [0.29, 0.717) is 29.4 Å². The number of aromatic nitrogens is 3. The summed E-state index contributed by atoms with van der Waals surface area (Å²) in [6.07, 6.45) is -0.794. The second kappa shape index (κ2) is 9.56. The van der Waals surface area contributed by atoms with E-state index < -0.39 is 18.0 Å². The van der Waals surface area contributed by atoms with E-state index in [1.807, 2.05) is 6.92 Å². The Morgan fingerprint density at radius 3 is 2.44 bits per heavy atom. The van der Waals surface area contributed by atoms with Crippen LogP contribution in [-0.4, -0.2) is 53.3 Å². The van der Waals surface area contributed by atoms with Gasteiger partial charge in [-0.15, -0.1) is 5.10 Å². The van der Waals surface area contributed by atoms with Crippen LogP contribution in [0.5, 0.6) is 11.5 Å². The Labute approximate surface area is 157 Å². The second-order valence-electron chi connectivity index (χ2n) is 5.35. The molecule has 1 atom stereocenters. The van der Waals surface area contributed by atoms with Crippen molar-refractivity contribution in [3.63, 3.8) is 0 Å². The minimum absolute atomic E-state index is 0.0767. The zero-order chi connectivity index (χ0) is 19.8. The van der Waals surface area contributed by atoms with Crippen molar-refractivity contribution >= 4 is 11.9 Å². The summed E-state index contributed by atoms with van der Waals surface area (Å²) >= 11 is 0. The molecule has 0 fully saturated rings. The molecule has 0 aliphatic carbocycles. The van der Waals surface area contributed by atoms with E-state index in [0.717, 1.165) is 0 Å². The summed E-state index contributed by atoms with van der Waals surface area (Å²) < 4.78 is 21.2. The van der Waals surface area contributed by atoms with E-state index in [-0.39, 0.29) is 18.9 Å². The van der Waals surface area contributed by atoms with Crippen LogP contribution in [0.1, 0.15) is 38.2 Å². The van der Waals surface area contributed by atoms with E-state index in [1.165, 1.54) is 0 Å². The van der Waals surface area contributed by atoms with Gasteiger partial charge in [0, 0.05) is 5.56 Å². The molecule has 1 aromatic heterocycles. The Bertz CT molecular complexity index is 789. The van der Waals surface area contributed by atoms with Crippen molar-refractivity contribution in [2.45, 2.75) is 33.8 Å². The van der Waals surface area contributed by atoms with Crippen molar-refractivity contribution in [3.8, 4) is 22.8 Å². The van der Waals surface area contributed by atoms with Crippen LogP contribution in [0.15, 0.2) is 18.2 Å². The van der Waals surface area contributed by atoms with Crippen molar-refractivity contribution in [2.24, 2.45) is 0 Å². The third-order valence-electron chi connectivity index (χ3n) is 3.46. The predicted molar refractivity (Wildman–Crippen MR) is 95.7 cm³/mol. The van der Waals surface area contributed by atoms with Gasteiger partial charge in [0.15, 0.2) is 23.3 Å². The van der Waals surface area contributed by atoms with Gasteiger partial charge in [-0.3, -0.25) is 0 Å². The molecule has 0 spiro atoms. The van der Waals surface area contributed by atoms with Crippen LogP contribution in [-0.2, 0) is 14.3 Å². The van der Waals surface area contributed by atoms with Gasteiger partial charge < -0.3 is 18.9 Å². The summed E-state index contributed by atoms with van der Waals surface area (Å²) in [6, 6.07) is 4.99. The third kappa shape index (κ3) is 4.96. The first-order chi connectivity index (χ1) is 13.0. The highest BCUT2D eigenvalue weighted by atomic mass is 16.6. The fraction of sp³-hybridized carbons (Fsp3) is 0.444. The number of carbonyl (C=O) groups is 2. The topological polar surface area (TPSA) is 113 Å². The highest BCUT2D eigenvalue weighted by Gasteiger charge is 2.22. The van der Waals surface area contributed by atoms with Gasteiger partial charge in [0.2, 0.25) is 0 Å². The van der Waals surface area contributed by atoms with Gasteiger partial charge in [0.1, 0.15) is 5.69 Å². The number of hydrogen-bond donors (Lipinski definition) is 1. The average molecular weight is 377 g/mol. The lowest BCUT2D eigenvalue weighted by molar-refractivity contribution is -0.150. The molecule has 1 heterocycles. The summed E-state index contributed by atoms with van der Waals surface area (Å²) in [5, 5.41) is 10.3. The smallest absolute Gasteiger partial charge is 0.361 e. The summed E-state index contributed by atoms with van der Waals surface area (Å²) in [6.45, 7) is 7.74. The second-order valence-corrected chi connectivity index (χ2v) is 5.35. The summed E-state index contributed by atoms with van der Waals surface area (Å²) in [7, 11) is 0. The van der Waals surface area contributed by atoms with Crippen molar-refractivity contribution in [2.75, 3.05) is 19.8 Å². The highest BCUT2D eigenvalue weighted by Crippen LogP contribution is 2.33. The molecule has 2 rings (SSSR count). The molecule has 1 unspecified atom stereocenters. The fourth-order valence-electron chi connectivity index (χ4n) is 2.29. The molecule has 0 amide bonds. The van der Waals surface area contributed by atoms with Crippen molar-refractivity contribution in [1.29, 1.82) is 0 Å². The maximum atomic E-state index is 12.0. The van der Waals surface area contributed by atoms with Gasteiger partial charge in [-0.05, 0) is 45.9 Å². The normalized spacial score (nSPS) is 11.6. The largest absolute Gasteiger partial charge is 0.490 e. The number of aromatic amines is 1. The van der Waals surface area contributed by atoms with E-state index in [2.05, 4.69) is 15.4 Å². The summed E-state index contributed by atoms with van der Waals surface area (Å²) in [5.41, 5.74) is 0.999. The molecule has 0 saturated carbocycles. The molecule has 1 N–H and O–H groups in total. The zero-order valence-electron chi connectivity index (χ0n) is 15.8. The van der Waals surface area contributed by atoms with Crippen LogP contribution in [0, 0.1) is 0 Å². The molecule has 0 aliphatic heterocycles. The molecule has 0 aliphatic rings. The third-order valence-corrected chi connectivity index (χ3v) is 3.46. The van der Waals surface area contributed by atoms with Gasteiger partial charge in [-0.1, -0.05) is 0 Å². The number of nitrogens with zero attached hydrogens (tertiary/aromatic N) is 2. The molecule has 9 nitrogen and oxygen atoms in total. The SMILES string of the molecule is CCOC(=O)c1n[nH]nc1-c1ccc(OC(C)C(=O)OCC)c(OCC)c1. The van der Waals surface area contributed by atoms with E-state index >= 15 is 0 Å². The molecular weight excluding hydrogens is 354 g/mol. The number of rotatable bonds is 9. The average Bonchev–Trinajstić information content (AvgIpc) is 3.13. The first-order valence-electron chi connectivity index (χ1n) is 8.70. The number of nitrogens with one attached hydrogen (secondary N) is 1. The molecule has 0 radical (unpaired) electrons. The van der Waals surface area contributed by atoms with Crippen LogP contribution in [0.3, 0.4) is 0 Å². The first-order valence-corrected chi connectivity index (χ1v) is 8.70. The van der Waals surface area contributed by atoms with Gasteiger partial charge in [-0.25, -0.2) is 9.59 Å². The molecule has 9 heteroatoms. The zero-order valence-corrected chi connectivity index (χ0v) is 15.8. The van der Waals surface area contributed by atoms with Crippen LogP contribution in [0.2, 0.25) is 0 Å². The minimum Gasteiger partial charge on any atom is -0.490 e.